The summed E-state index contributed by atoms with van der Waals surface area (Å²) < 4.78 is 9.50. The number of nitrogen functional groups attached to an aromatic ring is 1. The van der Waals surface area contributed by atoms with E-state index in [0.717, 1.165) is 52.8 Å². The van der Waals surface area contributed by atoms with E-state index < -0.39 is 0 Å². The van der Waals surface area contributed by atoms with Crippen molar-refractivity contribution in [3.63, 3.8) is 0 Å². The third kappa shape index (κ3) is 4.85. The number of pyridine rings is 1. The van der Waals surface area contributed by atoms with Gasteiger partial charge in [-0.25, -0.2) is 4.98 Å². The van der Waals surface area contributed by atoms with Crippen LogP contribution in [-0.2, 0) is 11.2 Å². The van der Waals surface area contributed by atoms with Gasteiger partial charge in [-0.1, -0.05) is 12.1 Å². The molecule has 1 saturated heterocycles. The molecule has 8 nitrogen and oxygen atoms in total. The van der Waals surface area contributed by atoms with Gasteiger partial charge in [-0.05, 0) is 37.1 Å². The summed E-state index contributed by atoms with van der Waals surface area (Å²) in [5, 5.41) is 8.87. The summed E-state index contributed by atoms with van der Waals surface area (Å²) in [6, 6.07) is 11.4. The number of anilines is 2. The molecule has 37 heavy (non-hydrogen) atoms. The molecule has 9 heteroatoms. The minimum absolute atomic E-state index is 0.0147. The molecule has 0 aliphatic carbocycles. The van der Waals surface area contributed by atoms with Crippen LogP contribution in [0.15, 0.2) is 36.4 Å². The Morgan fingerprint density at radius 1 is 1.00 bits per heavy atom. The van der Waals surface area contributed by atoms with Gasteiger partial charge >= 0.3 is 0 Å². The number of rotatable bonds is 3. The summed E-state index contributed by atoms with van der Waals surface area (Å²) in [5.41, 5.74) is 13.0. The Kier molecular flexibility index (Phi) is 7.71. The van der Waals surface area contributed by atoms with Gasteiger partial charge in [-0.2, -0.15) is 0 Å². The van der Waals surface area contributed by atoms with Gasteiger partial charge in [0.2, 0.25) is 5.91 Å². The highest BCUT2D eigenvalue weighted by Gasteiger charge is 2.26. The fourth-order valence-electron chi connectivity index (χ4n) is 5.25. The summed E-state index contributed by atoms with van der Waals surface area (Å²) >= 11 is 0. The molecular formula is C28H33FN6O2. The lowest BCUT2D eigenvalue weighted by Gasteiger charge is -2.34. The molecule has 0 bridgehead atoms. The molecule has 194 valence electrons. The molecule has 0 atom stereocenters. The average molecular weight is 505 g/mol. The van der Waals surface area contributed by atoms with E-state index >= 15 is 0 Å². The van der Waals surface area contributed by atoms with Crippen molar-refractivity contribution in [2.24, 2.45) is 0 Å². The van der Waals surface area contributed by atoms with Gasteiger partial charge in [0, 0.05) is 86.2 Å². The minimum atomic E-state index is -0.0147. The predicted octanol–water partition coefficient (Wildman–Crippen LogP) is 3.75. The molecule has 0 spiro atoms. The second kappa shape index (κ2) is 10.9. The van der Waals surface area contributed by atoms with Gasteiger partial charge < -0.3 is 25.8 Å². The topological polar surface area (TPSA) is 107 Å². The Balaban J connectivity index is 0.00000156. The van der Waals surface area contributed by atoms with Crippen molar-refractivity contribution in [2.45, 2.75) is 19.8 Å². The first-order valence-electron chi connectivity index (χ1n) is 12.4. The number of carbonyl (C=O) groups excluding carboxylic acids is 2. The van der Waals surface area contributed by atoms with Crippen LogP contribution in [0.2, 0.25) is 0 Å². The highest BCUT2D eigenvalue weighted by Crippen LogP contribution is 2.41. The molecule has 5 rings (SSSR count). The lowest BCUT2D eigenvalue weighted by Crippen LogP contribution is -2.50. The Morgan fingerprint density at radius 2 is 1.65 bits per heavy atom. The van der Waals surface area contributed by atoms with Crippen LogP contribution in [-0.4, -0.2) is 79.8 Å². The average Bonchev–Trinajstić information content (AvgIpc) is 2.93. The summed E-state index contributed by atoms with van der Waals surface area (Å²) in [4.78, 5) is 35.4. The van der Waals surface area contributed by atoms with E-state index in [9.17, 15) is 14.0 Å². The highest BCUT2D eigenvalue weighted by molar-refractivity contribution is 6.10. The number of carbonyl (C=O) groups is 2. The van der Waals surface area contributed by atoms with Crippen LogP contribution in [0.1, 0.15) is 34.8 Å². The van der Waals surface area contributed by atoms with E-state index in [1.54, 1.807) is 11.8 Å². The van der Waals surface area contributed by atoms with Gasteiger partial charge in [0.05, 0.1) is 24.1 Å². The largest absolute Gasteiger partial charge is 0.398 e. The van der Waals surface area contributed by atoms with E-state index in [-0.39, 0.29) is 11.8 Å². The SMILES string of the molecule is CC(=O)N1CCN(C(=O)c2ccc(-c3nc4ccc(N)c(C=N)c4c4c3CCCN4C)cc2)CC1.CF. The third-order valence-electron chi connectivity index (χ3n) is 7.16. The van der Waals surface area contributed by atoms with Crippen molar-refractivity contribution in [1.29, 1.82) is 5.41 Å². The smallest absolute Gasteiger partial charge is 0.253 e. The van der Waals surface area contributed by atoms with Gasteiger partial charge in [-0.3, -0.25) is 14.0 Å². The van der Waals surface area contributed by atoms with Crippen LogP contribution in [0, 0.1) is 5.41 Å². The van der Waals surface area contributed by atoms with E-state index in [2.05, 4.69) is 11.9 Å². The number of amides is 2. The lowest BCUT2D eigenvalue weighted by atomic mass is 9.91. The molecule has 3 heterocycles. The number of nitrogens with two attached hydrogens (primary N) is 1. The quantitative estimate of drug-likeness (QED) is 0.417. The maximum absolute atomic E-state index is 13.0. The highest BCUT2D eigenvalue weighted by atomic mass is 19.1. The number of hydrogen-bond acceptors (Lipinski definition) is 6. The van der Waals surface area contributed by atoms with Crippen LogP contribution in [0.4, 0.5) is 15.8 Å². The Labute approximate surface area is 216 Å². The second-order valence-electron chi connectivity index (χ2n) is 9.30. The summed E-state index contributed by atoms with van der Waals surface area (Å²) in [6.07, 6.45) is 3.23. The maximum Gasteiger partial charge on any atom is 0.253 e. The zero-order chi connectivity index (χ0) is 26.7. The van der Waals surface area contributed by atoms with Crippen LogP contribution < -0.4 is 10.6 Å². The van der Waals surface area contributed by atoms with Gasteiger partial charge in [0.15, 0.2) is 0 Å². The Bertz CT molecular complexity index is 1330. The van der Waals surface area contributed by atoms with Gasteiger partial charge in [0.1, 0.15) is 0 Å². The number of nitrogens with one attached hydrogen (secondary N) is 1. The van der Waals surface area contributed by atoms with Crippen molar-refractivity contribution >= 4 is 40.3 Å². The summed E-state index contributed by atoms with van der Waals surface area (Å²) in [5.74, 6) is 0.0350. The normalized spacial score (nSPS) is 15.1. The fraction of sp³-hybridized carbons (Fsp3) is 0.357. The summed E-state index contributed by atoms with van der Waals surface area (Å²) in [7, 11) is 2.58. The fourth-order valence-corrected chi connectivity index (χ4v) is 5.25. The first-order chi connectivity index (χ1) is 17.9. The number of piperazine rings is 1. The minimum Gasteiger partial charge on any atom is -0.398 e. The molecule has 0 saturated carbocycles. The first kappa shape index (κ1) is 26.1. The molecule has 2 aromatic carbocycles. The van der Waals surface area contributed by atoms with Crippen molar-refractivity contribution < 1.29 is 14.0 Å². The van der Waals surface area contributed by atoms with E-state index in [1.165, 1.54) is 6.21 Å². The molecule has 1 fully saturated rings. The van der Waals surface area contributed by atoms with Crippen LogP contribution >= 0.6 is 0 Å². The lowest BCUT2D eigenvalue weighted by molar-refractivity contribution is -0.130. The zero-order valence-electron chi connectivity index (χ0n) is 21.6. The Morgan fingerprint density at radius 3 is 2.27 bits per heavy atom. The third-order valence-corrected chi connectivity index (χ3v) is 7.16. The molecule has 0 radical (unpaired) electrons. The van der Waals surface area contributed by atoms with Crippen molar-refractivity contribution in [2.75, 3.05) is 57.6 Å². The zero-order valence-corrected chi connectivity index (χ0v) is 21.6. The van der Waals surface area contributed by atoms with Gasteiger partial charge in [0.25, 0.3) is 5.91 Å². The molecular weight excluding hydrogens is 471 g/mol. The monoisotopic (exact) mass is 504 g/mol. The number of alkyl halides is 1. The molecule has 2 amide bonds. The van der Waals surface area contributed by atoms with Crippen molar-refractivity contribution in [3.8, 4) is 11.3 Å². The molecule has 0 unspecified atom stereocenters. The summed E-state index contributed by atoms with van der Waals surface area (Å²) in [6.45, 7) is 4.73. The number of nitrogens with zero attached hydrogens (tertiary/aromatic N) is 4. The van der Waals surface area contributed by atoms with E-state index in [4.69, 9.17) is 16.1 Å². The van der Waals surface area contributed by atoms with E-state index in [1.807, 2.05) is 41.3 Å². The predicted molar refractivity (Wildman–Crippen MR) is 146 cm³/mol. The van der Waals surface area contributed by atoms with Crippen molar-refractivity contribution in [1.82, 2.24) is 14.8 Å². The number of hydrogen-bond donors (Lipinski definition) is 2. The molecule has 1 aromatic heterocycles. The number of halogens is 1. The first-order valence-corrected chi connectivity index (χ1v) is 12.4. The molecule has 2 aliphatic heterocycles. The number of fused-ring (bicyclic) bond motifs is 3. The molecule has 3 N–H and O–H groups in total. The van der Waals surface area contributed by atoms with E-state index in [0.29, 0.717) is 50.2 Å². The second-order valence-corrected chi connectivity index (χ2v) is 9.30. The van der Waals surface area contributed by atoms with Crippen LogP contribution in [0.5, 0.6) is 0 Å². The maximum atomic E-state index is 13.0. The van der Waals surface area contributed by atoms with Crippen LogP contribution in [0.3, 0.4) is 0 Å². The Hall–Kier alpha value is -4.01. The molecule has 3 aromatic rings. The number of benzene rings is 2. The molecule has 2 aliphatic rings. The van der Waals surface area contributed by atoms with Crippen molar-refractivity contribution in [3.05, 3.63) is 53.1 Å². The number of aromatic nitrogens is 1. The standard InChI is InChI=1S/C27H30N6O2.CH3F/c1-17(34)32-12-14-33(15-13-32)27(35)19-7-5-18(6-8-19)25-20-4-3-11-31(2)26(20)24-21(16-28)22(29)9-10-23(24)30-25;1-2/h5-10,16,28H,3-4,11-15,29H2,1-2H3;1H3. The van der Waals surface area contributed by atoms with Gasteiger partial charge in [-0.15, -0.1) is 0 Å². The van der Waals surface area contributed by atoms with Crippen LogP contribution in [0.25, 0.3) is 22.2 Å².